The first-order valence-electron chi connectivity index (χ1n) is 10.2. The third-order valence-corrected chi connectivity index (χ3v) is 6.67. The van der Waals surface area contributed by atoms with Gasteiger partial charge in [0, 0.05) is 28.5 Å². The van der Waals surface area contributed by atoms with E-state index >= 15 is 0 Å². The standard InChI is InChI=1S/C23H19N7S/c1-4-15(12-30-14-25-13-26-30)10-17(6-1)27-22-20-18-7-2-8-19(18)31-23(20)29-21(28-22)16-5-3-9-24-11-16/h1,3-6,9-11,13-14H,2,7-8,12H2,(H,27,28,29). The largest absolute Gasteiger partial charge is 0.340 e. The monoisotopic (exact) mass is 425 g/mol. The first kappa shape index (κ1) is 18.1. The predicted molar refractivity (Wildman–Crippen MR) is 122 cm³/mol. The van der Waals surface area contributed by atoms with Crippen LogP contribution in [-0.4, -0.2) is 29.7 Å². The highest BCUT2D eigenvalue weighted by Gasteiger charge is 2.23. The van der Waals surface area contributed by atoms with Gasteiger partial charge in [-0.05, 0) is 54.7 Å². The fourth-order valence-corrected chi connectivity index (χ4v) is 5.36. The van der Waals surface area contributed by atoms with Crippen molar-refractivity contribution in [1.82, 2.24) is 29.7 Å². The van der Waals surface area contributed by atoms with Crippen LogP contribution in [0.1, 0.15) is 22.4 Å². The fourth-order valence-electron chi connectivity index (χ4n) is 4.10. The number of hydrogen-bond donors (Lipinski definition) is 1. The highest BCUT2D eigenvalue weighted by atomic mass is 32.1. The Morgan fingerprint density at radius 1 is 1.06 bits per heavy atom. The summed E-state index contributed by atoms with van der Waals surface area (Å²) >= 11 is 1.80. The molecule has 0 amide bonds. The maximum atomic E-state index is 4.94. The summed E-state index contributed by atoms with van der Waals surface area (Å²) in [7, 11) is 0. The van der Waals surface area contributed by atoms with E-state index in [1.807, 2.05) is 29.1 Å². The number of aromatic nitrogens is 6. The van der Waals surface area contributed by atoms with E-state index in [2.05, 4.69) is 38.6 Å². The number of thiophene rings is 1. The first-order chi connectivity index (χ1) is 15.3. The molecule has 0 bridgehead atoms. The Morgan fingerprint density at radius 2 is 2.06 bits per heavy atom. The molecule has 5 aromatic rings. The normalized spacial score (nSPS) is 12.9. The molecule has 1 aromatic carbocycles. The Morgan fingerprint density at radius 3 is 2.94 bits per heavy atom. The molecule has 0 radical (unpaired) electrons. The third-order valence-electron chi connectivity index (χ3n) is 5.49. The van der Waals surface area contributed by atoms with Crippen molar-refractivity contribution in [3.05, 3.63) is 77.5 Å². The van der Waals surface area contributed by atoms with Gasteiger partial charge < -0.3 is 5.32 Å². The van der Waals surface area contributed by atoms with E-state index < -0.39 is 0 Å². The molecule has 0 saturated carbocycles. The van der Waals surface area contributed by atoms with Crippen molar-refractivity contribution >= 4 is 33.1 Å². The Labute approximate surface area is 182 Å². The first-order valence-corrected chi connectivity index (χ1v) is 11.1. The number of aryl methyl sites for hydroxylation is 2. The van der Waals surface area contributed by atoms with E-state index in [1.165, 1.54) is 16.9 Å². The minimum Gasteiger partial charge on any atom is -0.340 e. The van der Waals surface area contributed by atoms with Crippen molar-refractivity contribution in [3.8, 4) is 11.4 Å². The summed E-state index contributed by atoms with van der Waals surface area (Å²) in [5, 5.41) is 8.95. The van der Waals surface area contributed by atoms with Gasteiger partial charge in [-0.1, -0.05) is 12.1 Å². The molecular formula is C23H19N7S. The summed E-state index contributed by atoms with van der Waals surface area (Å²) < 4.78 is 1.81. The summed E-state index contributed by atoms with van der Waals surface area (Å²) in [5.41, 5.74) is 4.46. The van der Waals surface area contributed by atoms with E-state index in [9.17, 15) is 0 Å². The van der Waals surface area contributed by atoms with Crippen LogP contribution in [0.15, 0.2) is 61.4 Å². The molecular weight excluding hydrogens is 406 g/mol. The van der Waals surface area contributed by atoms with Gasteiger partial charge in [-0.25, -0.2) is 19.6 Å². The van der Waals surface area contributed by atoms with Crippen LogP contribution in [0.2, 0.25) is 0 Å². The molecule has 8 heteroatoms. The summed E-state index contributed by atoms with van der Waals surface area (Å²) in [6.07, 6.45) is 10.3. The lowest BCUT2D eigenvalue weighted by Gasteiger charge is -2.11. The molecule has 4 aromatic heterocycles. The predicted octanol–water partition coefficient (Wildman–Crippen LogP) is 4.63. The minimum absolute atomic E-state index is 0.670. The highest BCUT2D eigenvalue weighted by Crippen LogP contribution is 2.41. The summed E-state index contributed by atoms with van der Waals surface area (Å²) in [5.74, 6) is 1.56. The molecule has 0 aliphatic heterocycles. The van der Waals surface area contributed by atoms with Gasteiger partial charge in [-0.2, -0.15) is 5.10 Å². The number of anilines is 2. The molecule has 0 atom stereocenters. The molecule has 6 rings (SSSR count). The zero-order valence-electron chi connectivity index (χ0n) is 16.7. The Kier molecular flexibility index (Phi) is 4.42. The lowest BCUT2D eigenvalue weighted by molar-refractivity contribution is 0.685. The van der Waals surface area contributed by atoms with Crippen LogP contribution in [0.5, 0.6) is 0 Å². The number of fused-ring (bicyclic) bond motifs is 3. The number of hydrogen-bond acceptors (Lipinski definition) is 7. The van der Waals surface area contributed by atoms with Crippen LogP contribution in [0.3, 0.4) is 0 Å². The van der Waals surface area contributed by atoms with Gasteiger partial charge >= 0.3 is 0 Å². The van der Waals surface area contributed by atoms with E-state index in [0.29, 0.717) is 12.4 Å². The molecule has 31 heavy (non-hydrogen) atoms. The zero-order chi connectivity index (χ0) is 20.6. The minimum atomic E-state index is 0.670. The molecule has 0 unspecified atom stereocenters. The summed E-state index contributed by atoms with van der Waals surface area (Å²) in [4.78, 5) is 20.6. The van der Waals surface area contributed by atoms with Gasteiger partial charge in [0.25, 0.3) is 0 Å². The second kappa shape index (κ2) is 7.55. The number of rotatable bonds is 5. The molecule has 1 N–H and O–H groups in total. The Bertz CT molecular complexity index is 1360. The van der Waals surface area contributed by atoms with Crippen LogP contribution < -0.4 is 5.32 Å². The third kappa shape index (κ3) is 3.44. The Hall–Kier alpha value is -3.65. The van der Waals surface area contributed by atoms with Crippen molar-refractivity contribution < 1.29 is 0 Å². The summed E-state index contributed by atoms with van der Waals surface area (Å²) in [6.45, 7) is 0.670. The molecule has 1 aliphatic rings. The smallest absolute Gasteiger partial charge is 0.164 e. The maximum Gasteiger partial charge on any atom is 0.164 e. The van der Waals surface area contributed by atoms with Gasteiger partial charge in [-0.15, -0.1) is 11.3 Å². The molecule has 4 heterocycles. The van der Waals surface area contributed by atoms with Gasteiger partial charge in [0.15, 0.2) is 5.82 Å². The van der Waals surface area contributed by atoms with Gasteiger partial charge in [0.05, 0.1) is 11.9 Å². The Balaban J connectivity index is 1.43. The van der Waals surface area contributed by atoms with Gasteiger partial charge in [-0.3, -0.25) is 4.98 Å². The fraction of sp³-hybridized carbons (Fsp3) is 0.174. The second-order valence-electron chi connectivity index (χ2n) is 7.59. The van der Waals surface area contributed by atoms with Gasteiger partial charge in [0.2, 0.25) is 0 Å². The zero-order valence-corrected chi connectivity index (χ0v) is 17.5. The molecule has 0 spiro atoms. The average molecular weight is 426 g/mol. The van der Waals surface area contributed by atoms with Crippen molar-refractivity contribution in [2.75, 3.05) is 5.32 Å². The van der Waals surface area contributed by atoms with Crippen molar-refractivity contribution in [2.45, 2.75) is 25.8 Å². The number of nitrogens with zero attached hydrogens (tertiary/aromatic N) is 6. The quantitative estimate of drug-likeness (QED) is 0.442. The lowest BCUT2D eigenvalue weighted by Crippen LogP contribution is -2.02. The van der Waals surface area contributed by atoms with Crippen LogP contribution in [0.4, 0.5) is 11.5 Å². The maximum absolute atomic E-state index is 4.94. The van der Waals surface area contributed by atoms with Crippen molar-refractivity contribution in [2.24, 2.45) is 0 Å². The van der Waals surface area contributed by atoms with Crippen LogP contribution in [0, 0.1) is 0 Å². The molecule has 7 nitrogen and oxygen atoms in total. The number of nitrogens with one attached hydrogen (secondary N) is 1. The van der Waals surface area contributed by atoms with E-state index in [0.717, 1.165) is 45.7 Å². The van der Waals surface area contributed by atoms with Gasteiger partial charge in [0.1, 0.15) is 23.3 Å². The number of benzene rings is 1. The molecule has 0 fully saturated rings. The van der Waals surface area contributed by atoms with E-state index in [-0.39, 0.29) is 0 Å². The molecule has 0 saturated heterocycles. The topological polar surface area (TPSA) is 81.4 Å². The van der Waals surface area contributed by atoms with Crippen LogP contribution in [0.25, 0.3) is 21.6 Å². The molecule has 1 aliphatic carbocycles. The second-order valence-corrected chi connectivity index (χ2v) is 8.68. The van der Waals surface area contributed by atoms with Crippen molar-refractivity contribution in [3.63, 3.8) is 0 Å². The summed E-state index contributed by atoms with van der Waals surface area (Å²) in [6, 6.07) is 12.2. The lowest BCUT2D eigenvalue weighted by atomic mass is 10.1. The van der Waals surface area contributed by atoms with Crippen molar-refractivity contribution in [1.29, 1.82) is 0 Å². The average Bonchev–Trinajstić information content (AvgIpc) is 3.52. The number of pyridine rings is 1. The molecule has 152 valence electrons. The van der Waals surface area contributed by atoms with E-state index in [1.54, 1.807) is 30.2 Å². The SMILES string of the molecule is c1cc(Cn2cncn2)cc(Nc2nc(-c3cccnc3)nc3sc4c(c23)CCC4)c1. The van der Waals surface area contributed by atoms with Crippen LogP contribution >= 0.6 is 11.3 Å². The van der Waals surface area contributed by atoms with Crippen LogP contribution in [-0.2, 0) is 19.4 Å². The highest BCUT2D eigenvalue weighted by molar-refractivity contribution is 7.19. The van der Waals surface area contributed by atoms with E-state index in [4.69, 9.17) is 9.97 Å².